The van der Waals surface area contributed by atoms with Gasteiger partial charge in [0, 0.05) is 0 Å². The minimum atomic E-state index is -3.76. The van der Waals surface area contributed by atoms with E-state index in [1.807, 2.05) is 0 Å². The molecular formula is C10H12Cl2N2O2S2. The van der Waals surface area contributed by atoms with Crippen molar-refractivity contribution >= 4 is 56.1 Å². The van der Waals surface area contributed by atoms with Crippen molar-refractivity contribution in [1.29, 1.82) is 0 Å². The van der Waals surface area contributed by atoms with Crippen molar-refractivity contribution in [3.8, 4) is 0 Å². The molecule has 0 aromatic heterocycles. The van der Waals surface area contributed by atoms with Crippen LogP contribution >= 0.6 is 35.4 Å². The lowest BCUT2D eigenvalue weighted by Gasteiger charge is -2.16. The molecule has 1 aromatic rings. The maximum absolute atomic E-state index is 12.0. The first-order valence-corrected chi connectivity index (χ1v) is 7.63. The first-order chi connectivity index (χ1) is 8.16. The highest BCUT2D eigenvalue weighted by atomic mass is 35.5. The van der Waals surface area contributed by atoms with Gasteiger partial charge in [0.05, 0.1) is 20.7 Å². The van der Waals surface area contributed by atoms with Gasteiger partial charge in [0.2, 0.25) is 10.0 Å². The van der Waals surface area contributed by atoms with Crippen LogP contribution in [0.25, 0.3) is 0 Å². The summed E-state index contributed by atoms with van der Waals surface area (Å²) >= 11 is 16.6. The molecule has 100 valence electrons. The highest BCUT2D eigenvalue weighted by molar-refractivity contribution is 7.95. The quantitative estimate of drug-likeness (QED) is 0.834. The zero-order valence-electron chi connectivity index (χ0n) is 9.70. The van der Waals surface area contributed by atoms with Crippen molar-refractivity contribution in [2.75, 3.05) is 4.72 Å². The molecule has 0 aliphatic rings. The highest BCUT2D eigenvalue weighted by Gasteiger charge is 2.25. The molecule has 1 unspecified atom stereocenters. The van der Waals surface area contributed by atoms with Crippen molar-refractivity contribution in [3.05, 3.63) is 27.7 Å². The summed E-state index contributed by atoms with van der Waals surface area (Å²) in [5.41, 5.74) is 6.18. The van der Waals surface area contributed by atoms with Gasteiger partial charge in [0.25, 0.3) is 0 Å². The number of aryl methyl sites for hydroxylation is 1. The van der Waals surface area contributed by atoms with E-state index in [1.165, 1.54) is 6.92 Å². The van der Waals surface area contributed by atoms with Crippen LogP contribution < -0.4 is 10.5 Å². The topological polar surface area (TPSA) is 72.2 Å². The largest absolute Gasteiger partial charge is 0.392 e. The number of thiocarbonyl (C=S) groups is 1. The number of halogens is 2. The van der Waals surface area contributed by atoms with Crippen molar-refractivity contribution in [2.45, 2.75) is 19.1 Å². The van der Waals surface area contributed by atoms with E-state index in [-0.39, 0.29) is 20.7 Å². The molecule has 1 rings (SSSR count). The number of nitrogens with one attached hydrogen (secondary N) is 1. The smallest absolute Gasteiger partial charge is 0.241 e. The van der Waals surface area contributed by atoms with Crippen LogP contribution in [0.5, 0.6) is 0 Å². The van der Waals surface area contributed by atoms with E-state index in [0.29, 0.717) is 5.56 Å². The number of hydrogen-bond donors (Lipinski definition) is 2. The third-order valence-electron chi connectivity index (χ3n) is 2.39. The highest BCUT2D eigenvalue weighted by Crippen LogP contribution is 2.33. The molecule has 0 spiro atoms. The van der Waals surface area contributed by atoms with Gasteiger partial charge in [-0.15, -0.1) is 0 Å². The van der Waals surface area contributed by atoms with Crippen molar-refractivity contribution in [2.24, 2.45) is 5.73 Å². The number of benzene rings is 1. The van der Waals surface area contributed by atoms with Gasteiger partial charge in [0.1, 0.15) is 5.25 Å². The molecule has 1 aromatic carbocycles. The van der Waals surface area contributed by atoms with Gasteiger partial charge in [0.15, 0.2) is 0 Å². The van der Waals surface area contributed by atoms with Gasteiger partial charge < -0.3 is 5.73 Å². The molecule has 18 heavy (non-hydrogen) atoms. The van der Waals surface area contributed by atoms with Gasteiger partial charge in [-0.05, 0) is 25.5 Å². The maximum Gasteiger partial charge on any atom is 0.241 e. The Morgan fingerprint density at radius 2 is 2.00 bits per heavy atom. The molecule has 0 saturated carbocycles. The lowest BCUT2D eigenvalue weighted by Crippen LogP contribution is -2.35. The first kappa shape index (κ1) is 15.5. The molecule has 0 bridgehead atoms. The Morgan fingerprint density at radius 1 is 1.44 bits per heavy atom. The zero-order valence-corrected chi connectivity index (χ0v) is 12.8. The predicted molar refractivity (Wildman–Crippen MR) is 80.0 cm³/mol. The van der Waals surface area contributed by atoms with Crippen LogP contribution in [0.4, 0.5) is 5.69 Å². The van der Waals surface area contributed by atoms with Crippen molar-refractivity contribution < 1.29 is 8.42 Å². The summed E-state index contributed by atoms with van der Waals surface area (Å²) in [6.45, 7) is 3.13. The summed E-state index contributed by atoms with van der Waals surface area (Å²) in [4.78, 5) is -0.123. The number of anilines is 1. The Balaban J connectivity index is 3.20. The van der Waals surface area contributed by atoms with Crippen LogP contribution in [0, 0.1) is 6.92 Å². The number of hydrogen-bond acceptors (Lipinski definition) is 3. The minimum Gasteiger partial charge on any atom is -0.392 e. The lowest BCUT2D eigenvalue weighted by atomic mass is 10.2. The molecule has 4 nitrogen and oxygen atoms in total. The van der Waals surface area contributed by atoms with Crippen LogP contribution in [0.2, 0.25) is 10.0 Å². The van der Waals surface area contributed by atoms with Crippen LogP contribution in [-0.4, -0.2) is 18.7 Å². The second-order valence-corrected chi connectivity index (χ2v) is 7.00. The molecule has 0 aliphatic carbocycles. The van der Waals surface area contributed by atoms with E-state index < -0.39 is 15.3 Å². The summed E-state index contributed by atoms with van der Waals surface area (Å²) in [5.74, 6) is 0. The molecule has 1 atom stereocenters. The fourth-order valence-electron chi connectivity index (χ4n) is 1.13. The van der Waals surface area contributed by atoms with Crippen LogP contribution in [0.15, 0.2) is 12.1 Å². The maximum atomic E-state index is 12.0. The molecule has 0 fully saturated rings. The minimum absolute atomic E-state index is 0.123. The molecule has 0 radical (unpaired) electrons. The Bertz CT molecular complexity index is 588. The van der Waals surface area contributed by atoms with Gasteiger partial charge in [-0.3, -0.25) is 4.72 Å². The molecule has 0 saturated heterocycles. The average molecular weight is 327 g/mol. The SMILES string of the molecule is Cc1ccc(Cl)c(NS(=O)(=O)C(C)C(N)=S)c1Cl. The van der Waals surface area contributed by atoms with Crippen LogP contribution in [0.1, 0.15) is 12.5 Å². The number of nitrogens with two attached hydrogens (primary N) is 1. The van der Waals surface area contributed by atoms with E-state index in [0.717, 1.165) is 0 Å². The third-order valence-corrected chi connectivity index (χ3v) is 5.37. The van der Waals surface area contributed by atoms with Crippen molar-refractivity contribution in [1.82, 2.24) is 0 Å². The molecule has 0 heterocycles. The van der Waals surface area contributed by atoms with Crippen LogP contribution in [-0.2, 0) is 10.0 Å². The monoisotopic (exact) mass is 326 g/mol. The van der Waals surface area contributed by atoms with Crippen molar-refractivity contribution in [3.63, 3.8) is 0 Å². The fourth-order valence-corrected chi connectivity index (χ4v) is 3.07. The van der Waals surface area contributed by atoms with Gasteiger partial charge >= 0.3 is 0 Å². The van der Waals surface area contributed by atoms with E-state index in [1.54, 1.807) is 19.1 Å². The van der Waals surface area contributed by atoms with E-state index in [2.05, 4.69) is 16.9 Å². The van der Waals surface area contributed by atoms with Gasteiger partial charge in [-0.2, -0.15) is 0 Å². The number of rotatable bonds is 4. The summed E-state index contributed by atoms with van der Waals surface area (Å²) in [6.07, 6.45) is 0. The predicted octanol–water partition coefficient (Wildman–Crippen LogP) is 2.72. The normalized spacial score (nSPS) is 13.1. The van der Waals surface area contributed by atoms with Gasteiger partial charge in [-0.1, -0.05) is 41.5 Å². The fraction of sp³-hybridized carbons (Fsp3) is 0.300. The Morgan fingerprint density at radius 3 is 2.50 bits per heavy atom. The van der Waals surface area contributed by atoms with E-state index in [4.69, 9.17) is 28.9 Å². The third kappa shape index (κ3) is 3.26. The molecule has 8 heteroatoms. The molecule has 3 N–H and O–H groups in total. The molecule has 0 amide bonds. The standard InChI is InChI=1S/C10H12Cl2N2O2S2/c1-5-3-4-7(11)9(8(5)12)14-18(15,16)6(2)10(13)17/h3-4,6,14H,1-2H3,(H2,13,17). The Labute approximate surface area is 122 Å². The van der Waals surface area contributed by atoms with E-state index in [9.17, 15) is 8.42 Å². The first-order valence-electron chi connectivity index (χ1n) is 4.92. The van der Waals surface area contributed by atoms with Crippen LogP contribution in [0.3, 0.4) is 0 Å². The molecular weight excluding hydrogens is 315 g/mol. The van der Waals surface area contributed by atoms with Gasteiger partial charge in [-0.25, -0.2) is 8.42 Å². The molecule has 0 aliphatic heterocycles. The summed E-state index contributed by atoms with van der Waals surface area (Å²) < 4.78 is 26.2. The number of sulfonamides is 1. The second kappa shape index (κ2) is 5.61. The summed E-state index contributed by atoms with van der Waals surface area (Å²) in [5, 5.41) is -0.550. The Kier molecular flexibility index (Phi) is 4.83. The average Bonchev–Trinajstić information content (AvgIpc) is 2.28. The zero-order chi connectivity index (χ0) is 14.1. The van der Waals surface area contributed by atoms with E-state index >= 15 is 0 Å². The second-order valence-electron chi connectivity index (χ2n) is 3.74. The summed E-state index contributed by atoms with van der Waals surface area (Å²) in [6, 6.07) is 3.26. The summed E-state index contributed by atoms with van der Waals surface area (Å²) in [7, 11) is -3.76. The Hall–Kier alpha value is -0.560. The lowest BCUT2D eigenvalue weighted by molar-refractivity contribution is 0.598.